The summed E-state index contributed by atoms with van der Waals surface area (Å²) in [6.45, 7) is 4.47. The highest BCUT2D eigenvalue weighted by Crippen LogP contribution is 2.25. The minimum Gasteiger partial charge on any atom is -0.492 e. The minimum atomic E-state index is -0.0970. The highest BCUT2D eigenvalue weighted by Gasteiger charge is 2.10. The number of para-hydroxylation sites is 2. The van der Waals surface area contributed by atoms with Gasteiger partial charge in [0.25, 0.3) is 5.91 Å². The fraction of sp³-hybridized carbons (Fsp3) is 0.214. The molecule has 0 saturated carbocycles. The van der Waals surface area contributed by atoms with Gasteiger partial charge in [-0.15, -0.1) is 11.3 Å². The van der Waals surface area contributed by atoms with Crippen molar-refractivity contribution >= 4 is 22.9 Å². The fourth-order valence-electron chi connectivity index (χ4n) is 1.59. The average molecular weight is 261 g/mol. The SMILES string of the molecule is CCOc1ccccc1NC(=O)c1ccc(C)s1. The summed E-state index contributed by atoms with van der Waals surface area (Å²) in [6, 6.07) is 11.2. The number of hydrogen-bond acceptors (Lipinski definition) is 3. The molecule has 3 nitrogen and oxygen atoms in total. The van der Waals surface area contributed by atoms with Crippen LogP contribution in [0.25, 0.3) is 0 Å². The van der Waals surface area contributed by atoms with E-state index < -0.39 is 0 Å². The normalized spacial score (nSPS) is 10.1. The first-order valence-electron chi connectivity index (χ1n) is 5.80. The van der Waals surface area contributed by atoms with Gasteiger partial charge in [-0.25, -0.2) is 0 Å². The number of aryl methyl sites for hydroxylation is 1. The molecule has 2 aromatic rings. The van der Waals surface area contributed by atoms with Crippen LogP contribution in [0.2, 0.25) is 0 Å². The van der Waals surface area contributed by atoms with E-state index in [0.29, 0.717) is 22.9 Å². The monoisotopic (exact) mass is 261 g/mol. The lowest BCUT2D eigenvalue weighted by Crippen LogP contribution is -2.11. The van der Waals surface area contributed by atoms with Crippen molar-refractivity contribution in [1.82, 2.24) is 0 Å². The molecule has 1 aromatic heterocycles. The number of rotatable bonds is 4. The second-order valence-corrected chi connectivity index (χ2v) is 5.08. The molecule has 2 rings (SSSR count). The van der Waals surface area contributed by atoms with Crippen molar-refractivity contribution in [3.63, 3.8) is 0 Å². The van der Waals surface area contributed by atoms with Gasteiger partial charge in [-0.1, -0.05) is 12.1 Å². The number of ether oxygens (including phenoxy) is 1. The van der Waals surface area contributed by atoms with Gasteiger partial charge in [0.15, 0.2) is 0 Å². The maximum atomic E-state index is 12.0. The summed E-state index contributed by atoms with van der Waals surface area (Å²) < 4.78 is 5.47. The Balaban J connectivity index is 2.16. The van der Waals surface area contributed by atoms with Gasteiger partial charge >= 0.3 is 0 Å². The molecule has 0 aliphatic carbocycles. The molecular weight excluding hydrogens is 246 g/mol. The van der Waals surface area contributed by atoms with E-state index >= 15 is 0 Å². The van der Waals surface area contributed by atoms with Gasteiger partial charge in [-0.05, 0) is 38.1 Å². The average Bonchev–Trinajstić information content (AvgIpc) is 2.79. The van der Waals surface area contributed by atoms with Crippen LogP contribution >= 0.6 is 11.3 Å². The van der Waals surface area contributed by atoms with Crippen LogP contribution in [0.4, 0.5) is 5.69 Å². The minimum absolute atomic E-state index is 0.0970. The van der Waals surface area contributed by atoms with Crippen molar-refractivity contribution in [2.24, 2.45) is 0 Å². The van der Waals surface area contributed by atoms with Crippen LogP contribution in [-0.2, 0) is 0 Å². The number of carbonyl (C=O) groups excluding carboxylic acids is 1. The highest BCUT2D eigenvalue weighted by atomic mass is 32.1. The van der Waals surface area contributed by atoms with E-state index in [1.165, 1.54) is 11.3 Å². The summed E-state index contributed by atoms with van der Waals surface area (Å²) in [7, 11) is 0. The molecule has 0 fully saturated rings. The Morgan fingerprint density at radius 1 is 1.28 bits per heavy atom. The van der Waals surface area contributed by atoms with Crippen LogP contribution in [0.3, 0.4) is 0 Å². The number of anilines is 1. The van der Waals surface area contributed by atoms with Crippen molar-refractivity contribution in [1.29, 1.82) is 0 Å². The maximum absolute atomic E-state index is 12.0. The molecule has 0 aliphatic rings. The molecule has 0 spiro atoms. The fourth-order valence-corrected chi connectivity index (χ4v) is 2.35. The van der Waals surface area contributed by atoms with E-state index in [1.54, 1.807) is 0 Å². The Bertz CT molecular complexity index is 548. The Hall–Kier alpha value is -1.81. The number of thiophene rings is 1. The van der Waals surface area contributed by atoms with Crippen LogP contribution in [0, 0.1) is 6.92 Å². The summed E-state index contributed by atoms with van der Waals surface area (Å²) in [6.07, 6.45) is 0. The lowest BCUT2D eigenvalue weighted by Gasteiger charge is -2.10. The molecule has 1 aromatic carbocycles. The molecule has 0 saturated heterocycles. The molecule has 1 amide bonds. The first-order chi connectivity index (χ1) is 8.70. The van der Waals surface area contributed by atoms with Crippen molar-refractivity contribution in [3.8, 4) is 5.75 Å². The van der Waals surface area contributed by atoms with E-state index in [1.807, 2.05) is 50.2 Å². The number of hydrogen-bond donors (Lipinski definition) is 1. The maximum Gasteiger partial charge on any atom is 0.265 e. The first kappa shape index (κ1) is 12.6. The standard InChI is InChI=1S/C14H15NO2S/c1-3-17-12-7-5-4-6-11(12)15-14(16)13-9-8-10(2)18-13/h4-9H,3H2,1-2H3,(H,15,16). The number of carbonyl (C=O) groups is 1. The number of benzene rings is 1. The van der Waals surface area contributed by atoms with E-state index in [9.17, 15) is 4.79 Å². The smallest absolute Gasteiger partial charge is 0.265 e. The van der Waals surface area contributed by atoms with Gasteiger partial charge in [-0.3, -0.25) is 4.79 Å². The molecule has 0 aliphatic heterocycles. The van der Waals surface area contributed by atoms with Crippen molar-refractivity contribution in [2.45, 2.75) is 13.8 Å². The van der Waals surface area contributed by atoms with Gasteiger partial charge in [0.05, 0.1) is 17.2 Å². The molecular formula is C14H15NO2S. The third-order valence-corrected chi connectivity index (χ3v) is 3.40. The molecule has 0 unspecified atom stereocenters. The second-order valence-electron chi connectivity index (χ2n) is 3.79. The Morgan fingerprint density at radius 3 is 2.72 bits per heavy atom. The number of amides is 1. The Labute approximate surface area is 110 Å². The molecule has 1 heterocycles. The lowest BCUT2D eigenvalue weighted by molar-refractivity contribution is 0.103. The zero-order chi connectivity index (χ0) is 13.0. The number of nitrogens with one attached hydrogen (secondary N) is 1. The summed E-state index contributed by atoms with van der Waals surface area (Å²) in [4.78, 5) is 13.9. The molecule has 0 bridgehead atoms. The quantitative estimate of drug-likeness (QED) is 0.911. The van der Waals surface area contributed by atoms with Crippen LogP contribution in [0.5, 0.6) is 5.75 Å². The van der Waals surface area contributed by atoms with Gasteiger partial charge in [0.1, 0.15) is 5.75 Å². The van der Waals surface area contributed by atoms with Crippen molar-refractivity contribution in [2.75, 3.05) is 11.9 Å². The molecule has 4 heteroatoms. The predicted octanol–water partition coefficient (Wildman–Crippen LogP) is 3.71. The zero-order valence-electron chi connectivity index (χ0n) is 10.4. The first-order valence-corrected chi connectivity index (χ1v) is 6.62. The van der Waals surface area contributed by atoms with Crippen molar-refractivity contribution in [3.05, 3.63) is 46.2 Å². The molecule has 0 atom stereocenters. The third kappa shape index (κ3) is 2.90. The highest BCUT2D eigenvalue weighted by molar-refractivity contribution is 7.14. The van der Waals surface area contributed by atoms with E-state index in [2.05, 4.69) is 5.32 Å². The zero-order valence-corrected chi connectivity index (χ0v) is 11.2. The summed E-state index contributed by atoms with van der Waals surface area (Å²) in [5.41, 5.74) is 0.704. The van der Waals surface area contributed by atoms with Gasteiger partial charge < -0.3 is 10.1 Å². The van der Waals surface area contributed by atoms with Crippen LogP contribution in [0.1, 0.15) is 21.5 Å². The van der Waals surface area contributed by atoms with E-state index in [4.69, 9.17) is 4.74 Å². The Kier molecular flexibility index (Phi) is 3.99. The van der Waals surface area contributed by atoms with Crippen LogP contribution in [-0.4, -0.2) is 12.5 Å². The summed E-state index contributed by atoms with van der Waals surface area (Å²) in [5, 5.41) is 2.87. The lowest BCUT2D eigenvalue weighted by atomic mass is 10.3. The van der Waals surface area contributed by atoms with Gasteiger partial charge in [0.2, 0.25) is 0 Å². The van der Waals surface area contributed by atoms with Gasteiger partial charge in [-0.2, -0.15) is 0 Å². The summed E-state index contributed by atoms with van der Waals surface area (Å²) in [5.74, 6) is 0.599. The molecule has 1 N–H and O–H groups in total. The predicted molar refractivity (Wildman–Crippen MR) is 74.6 cm³/mol. The Morgan fingerprint density at radius 2 is 2.06 bits per heavy atom. The second kappa shape index (κ2) is 5.69. The topological polar surface area (TPSA) is 38.3 Å². The molecule has 0 radical (unpaired) electrons. The van der Waals surface area contributed by atoms with Gasteiger partial charge in [0, 0.05) is 4.88 Å². The van der Waals surface area contributed by atoms with Crippen LogP contribution < -0.4 is 10.1 Å². The van der Waals surface area contributed by atoms with Crippen molar-refractivity contribution < 1.29 is 9.53 Å². The van der Waals surface area contributed by atoms with E-state index in [0.717, 1.165) is 4.88 Å². The largest absolute Gasteiger partial charge is 0.492 e. The molecule has 94 valence electrons. The molecule has 18 heavy (non-hydrogen) atoms. The van der Waals surface area contributed by atoms with E-state index in [-0.39, 0.29) is 5.91 Å². The summed E-state index contributed by atoms with van der Waals surface area (Å²) >= 11 is 1.48. The third-order valence-electron chi connectivity index (χ3n) is 2.40. The van der Waals surface area contributed by atoms with Crippen LogP contribution in [0.15, 0.2) is 36.4 Å².